The third-order valence-electron chi connectivity index (χ3n) is 2.40. The summed E-state index contributed by atoms with van der Waals surface area (Å²) in [6, 6.07) is 2.21. The number of hydrogen-bond donors (Lipinski definition) is 2. The molecule has 2 aromatic rings. The maximum atomic E-state index is 13.3. The number of aryl methyl sites for hydroxylation is 1. The Labute approximate surface area is 124 Å². The molecule has 0 saturated heterocycles. The molecule has 0 spiro atoms. The van der Waals surface area contributed by atoms with E-state index < -0.39 is 15.8 Å². The minimum atomic E-state index is -3.99. The number of nitrogens with two attached hydrogens (primary N) is 1. The van der Waals surface area contributed by atoms with Crippen LogP contribution >= 0.6 is 23.2 Å². The molecule has 0 radical (unpaired) electrons. The summed E-state index contributed by atoms with van der Waals surface area (Å²) in [6.45, 7) is 0. The summed E-state index contributed by atoms with van der Waals surface area (Å²) < 4.78 is 41.1. The number of nitrogens with one attached hydrogen (secondary N) is 1. The zero-order valence-electron chi connectivity index (χ0n) is 10.1. The second-order valence-electron chi connectivity index (χ2n) is 3.91. The zero-order chi connectivity index (χ0) is 15.1. The van der Waals surface area contributed by atoms with E-state index in [0.29, 0.717) is 0 Å². The lowest BCUT2D eigenvalue weighted by Crippen LogP contribution is -2.17. The molecule has 0 atom stereocenters. The van der Waals surface area contributed by atoms with Crippen LogP contribution in [0.5, 0.6) is 0 Å². The molecule has 108 valence electrons. The number of rotatable bonds is 3. The van der Waals surface area contributed by atoms with Gasteiger partial charge < -0.3 is 10.3 Å². The first-order chi connectivity index (χ1) is 9.22. The standard InChI is InChI=1S/C10H9Cl2FN4O2S/c1-17-4-15-9(14)10(17)20(18,19)16-5-2-6(11)8(13)7(12)3-5/h2-4,16H,14H2,1H3. The van der Waals surface area contributed by atoms with Crippen molar-refractivity contribution in [2.24, 2.45) is 7.05 Å². The number of nitrogen functional groups attached to an aromatic ring is 1. The first kappa shape index (κ1) is 14.9. The number of halogens is 3. The minimum absolute atomic E-state index is 0.0157. The lowest BCUT2D eigenvalue weighted by molar-refractivity contribution is 0.591. The Kier molecular flexibility index (Phi) is 3.81. The number of aromatic nitrogens is 2. The van der Waals surface area contributed by atoms with Crippen LogP contribution in [0.2, 0.25) is 10.0 Å². The van der Waals surface area contributed by atoms with E-state index in [4.69, 9.17) is 28.9 Å². The number of sulfonamides is 1. The van der Waals surface area contributed by atoms with Crippen LogP contribution in [0, 0.1) is 5.82 Å². The normalized spacial score (nSPS) is 11.6. The summed E-state index contributed by atoms with van der Waals surface area (Å²) in [5.41, 5.74) is 5.52. The maximum Gasteiger partial charge on any atom is 0.281 e. The molecule has 0 saturated carbocycles. The summed E-state index contributed by atoms with van der Waals surface area (Å²) in [4.78, 5) is 3.68. The van der Waals surface area contributed by atoms with Crippen LogP contribution in [0.15, 0.2) is 23.5 Å². The molecule has 0 fully saturated rings. The number of hydrogen-bond acceptors (Lipinski definition) is 4. The fourth-order valence-electron chi connectivity index (χ4n) is 1.58. The highest BCUT2D eigenvalue weighted by Crippen LogP contribution is 2.29. The van der Waals surface area contributed by atoms with Crippen molar-refractivity contribution in [1.29, 1.82) is 0 Å². The van der Waals surface area contributed by atoms with Gasteiger partial charge in [0.25, 0.3) is 10.0 Å². The summed E-state index contributed by atoms with van der Waals surface area (Å²) in [7, 11) is -2.52. The Hall–Kier alpha value is -1.51. The summed E-state index contributed by atoms with van der Waals surface area (Å²) >= 11 is 11.2. The third kappa shape index (κ3) is 2.67. The van der Waals surface area contributed by atoms with Gasteiger partial charge in [0, 0.05) is 7.05 Å². The molecular formula is C10H9Cl2FN4O2S. The van der Waals surface area contributed by atoms with Crippen molar-refractivity contribution in [3.05, 3.63) is 34.3 Å². The highest BCUT2D eigenvalue weighted by Gasteiger charge is 2.23. The Morgan fingerprint density at radius 1 is 1.35 bits per heavy atom. The van der Waals surface area contributed by atoms with Gasteiger partial charge in [0.05, 0.1) is 22.1 Å². The van der Waals surface area contributed by atoms with Crippen LogP contribution < -0.4 is 10.5 Å². The molecule has 1 heterocycles. The van der Waals surface area contributed by atoms with Gasteiger partial charge in [-0.2, -0.15) is 8.42 Å². The highest BCUT2D eigenvalue weighted by atomic mass is 35.5. The van der Waals surface area contributed by atoms with Gasteiger partial charge >= 0.3 is 0 Å². The third-order valence-corrected chi connectivity index (χ3v) is 4.46. The number of nitrogens with zero attached hydrogens (tertiary/aromatic N) is 2. The van der Waals surface area contributed by atoms with Crippen LogP contribution in [0.25, 0.3) is 0 Å². The van der Waals surface area contributed by atoms with Crippen LogP contribution in [0.1, 0.15) is 0 Å². The predicted octanol–water partition coefficient (Wildman–Crippen LogP) is 2.25. The smallest absolute Gasteiger partial charge is 0.281 e. The molecule has 20 heavy (non-hydrogen) atoms. The van der Waals surface area contributed by atoms with E-state index in [0.717, 1.165) is 12.1 Å². The van der Waals surface area contributed by atoms with Crippen molar-refractivity contribution in [3.63, 3.8) is 0 Å². The molecule has 0 amide bonds. The van der Waals surface area contributed by atoms with Crippen LogP contribution in [0.3, 0.4) is 0 Å². The van der Waals surface area contributed by atoms with E-state index in [9.17, 15) is 12.8 Å². The molecule has 3 N–H and O–H groups in total. The first-order valence-corrected chi connectivity index (χ1v) is 7.40. The van der Waals surface area contributed by atoms with Gasteiger partial charge in [-0.25, -0.2) is 9.37 Å². The molecule has 6 nitrogen and oxygen atoms in total. The molecular weight excluding hydrogens is 330 g/mol. The molecule has 1 aromatic carbocycles. The Morgan fingerprint density at radius 3 is 2.35 bits per heavy atom. The van der Waals surface area contributed by atoms with Crippen LogP contribution in [0.4, 0.5) is 15.9 Å². The van der Waals surface area contributed by atoms with Gasteiger partial charge in [0.15, 0.2) is 16.7 Å². The lowest BCUT2D eigenvalue weighted by Gasteiger charge is -2.10. The summed E-state index contributed by atoms with van der Waals surface area (Å²) in [5, 5.41) is -0.810. The average molecular weight is 339 g/mol. The van der Waals surface area contributed by atoms with E-state index in [2.05, 4.69) is 9.71 Å². The molecule has 0 aliphatic heterocycles. The van der Waals surface area contributed by atoms with Gasteiger partial charge in [-0.15, -0.1) is 0 Å². The van der Waals surface area contributed by atoms with Crippen LogP contribution in [-0.2, 0) is 17.1 Å². The van der Waals surface area contributed by atoms with Crippen molar-refractivity contribution >= 4 is 44.7 Å². The van der Waals surface area contributed by atoms with E-state index in [1.807, 2.05) is 0 Å². The topological polar surface area (TPSA) is 90.0 Å². The van der Waals surface area contributed by atoms with Crippen molar-refractivity contribution < 1.29 is 12.8 Å². The Bertz CT molecular complexity index is 733. The first-order valence-electron chi connectivity index (χ1n) is 5.16. The molecule has 2 rings (SSSR count). The number of anilines is 2. The SMILES string of the molecule is Cn1cnc(N)c1S(=O)(=O)Nc1cc(Cl)c(F)c(Cl)c1. The summed E-state index contributed by atoms with van der Waals surface area (Å²) in [5.74, 6) is -0.976. The number of benzene rings is 1. The van der Waals surface area contributed by atoms with Gasteiger partial charge in [-0.05, 0) is 12.1 Å². The minimum Gasteiger partial charge on any atom is -0.381 e. The van der Waals surface area contributed by atoms with Crippen molar-refractivity contribution in [1.82, 2.24) is 9.55 Å². The molecule has 0 bridgehead atoms. The Balaban J connectivity index is 2.44. The van der Waals surface area contributed by atoms with E-state index in [-0.39, 0.29) is 26.6 Å². The predicted molar refractivity (Wildman–Crippen MR) is 74.8 cm³/mol. The van der Waals surface area contributed by atoms with Crippen molar-refractivity contribution in [3.8, 4) is 0 Å². The molecule has 10 heteroatoms. The van der Waals surface area contributed by atoms with E-state index >= 15 is 0 Å². The monoisotopic (exact) mass is 338 g/mol. The molecule has 0 aliphatic carbocycles. The summed E-state index contributed by atoms with van der Waals surface area (Å²) in [6.07, 6.45) is 1.26. The zero-order valence-corrected chi connectivity index (χ0v) is 12.4. The van der Waals surface area contributed by atoms with Crippen LogP contribution in [-0.4, -0.2) is 18.0 Å². The second kappa shape index (κ2) is 5.12. The Morgan fingerprint density at radius 2 is 1.90 bits per heavy atom. The van der Waals surface area contributed by atoms with E-state index in [1.54, 1.807) is 0 Å². The van der Waals surface area contributed by atoms with Crippen molar-refractivity contribution in [2.75, 3.05) is 10.5 Å². The molecule has 1 aromatic heterocycles. The maximum absolute atomic E-state index is 13.3. The molecule has 0 unspecified atom stereocenters. The second-order valence-corrected chi connectivity index (χ2v) is 6.32. The fourth-order valence-corrected chi connectivity index (χ4v) is 3.35. The van der Waals surface area contributed by atoms with Gasteiger partial charge in [-0.1, -0.05) is 23.2 Å². The van der Waals surface area contributed by atoms with Gasteiger partial charge in [-0.3, -0.25) is 4.72 Å². The average Bonchev–Trinajstić information content (AvgIpc) is 2.66. The number of imidazole rings is 1. The lowest BCUT2D eigenvalue weighted by atomic mass is 10.3. The largest absolute Gasteiger partial charge is 0.381 e. The highest BCUT2D eigenvalue weighted by molar-refractivity contribution is 7.92. The quantitative estimate of drug-likeness (QED) is 0.840. The molecule has 0 aliphatic rings. The van der Waals surface area contributed by atoms with E-state index in [1.165, 1.54) is 17.9 Å². The van der Waals surface area contributed by atoms with Gasteiger partial charge in [0.2, 0.25) is 0 Å². The fraction of sp³-hybridized carbons (Fsp3) is 0.100. The van der Waals surface area contributed by atoms with Gasteiger partial charge in [0.1, 0.15) is 0 Å². The van der Waals surface area contributed by atoms with Crippen molar-refractivity contribution in [2.45, 2.75) is 5.03 Å².